The first kappa shape index (κ1) is 17.0. The van der Waals surface area contributed by atoms with Crippen LogP contribution in [0, 0.1) is 0 Å². The minimum Gasteiger partial charge on any atom is -0.286 e. The number of nitrogens with zero attached hydrogens (tertiary/aromatic N) is 3. The summed E-state index contributed by atoms with van der Waals surface area (Å²) in [5.74, 6) is 0.822. The van der Waals surface area contributed by atoms with Gasteiger partial charge in [0, 0.05) is 13.3 Å². The molecule has 2 unspecified atom stereocenters. The quantitative estimate of drug-likeness (QED) is 0.649. The highest BCUT2D eigenvalue weighted by atomic mass is 31.2. The Kier molecular flexibility index (Phi) is 4.16. The van der Waals surface area contributed by atoms with Crippen molar-refractivity contribution in [3.05, 3.63) is 79.0 Å². The number of rotatable bonds is 3. The van der Waals surface area contributed by atoms with Crippen LogP contribution >= 0.6 is 7.52 Å². The lowest BCUT2D eigenvalue weighted by molar-refractivity contribution is 0.335. The topological polar surface area (TPSA) is 42.4 Å². The Labute approximate surface area is 153 Å². The molecule has 1 aromatic heterocycles. The summed E-state index contributed by atoms with van der Waals surface area (Å²) in [5.41, 5.74) is 1.82. The molecular weight excluding hydrogens is 345 g/mol. The van der Waals surface area contributed by atoms with Gasteiger partial charge in [0.05, 0.1) is 12.7 Å². The Bertz CT molecular complexity index is 965. The van der Waals surface area contributed by atoms with Crippen molar-refractivity contribution in [1.29, 1.82) is 0 Å². The summed E-state index contributed by atoms with van der Waals surface area (Å²) in [6.45, 7) is 0.461. The van der Waals surface area contributed by atoms with Crippen molar-refractivity contribution in [3.63, 3.8) is 0 Å². The number of benzene rings is 2. The van der Waals surface area contributed by atoms with E-state index in [1.807, 2.05) is 79.8 Å². The average molecular weight is 366 g/mol. The monoisotopic (exact) mass is 366 g/mol. The minimum absolute atomic E-state index is 0.151. The van der Waals surface area contributed by atoms with Crippen molar-refractivity contribution >= 4 is 30.0 Å². The number of hydrogen-bond acceptors (Lipinski definition) is 4. The van der Waals surface area contributed by atoms with Gasteiger partial charge in [-0.3, -0.25) is 9.42 Å². The molecule has 2 heterocycles. The molecule has 26 heavy (non-hydrogen) atoms. The van der Waals surface area contributed by atoms with E-state index in [1.54, 1.807) is 6.20 Å². The molecule has 1 aliphatic rings. The maximum atomic E-state index is 14.2. The minimum atomic E-state index is -3.22. The molecule has 0 N–H and O–H groups in total. The van der Waals surface area contributed by atoms with Crippen molar-refractivity contribution in [3.8, 4) is 0 Å². The molecule has 0 saturated carbocycles. The number of quaternary nitrogens is 1. The van der Waals surface area contributed by atoms with Crippen LogP contribution in [0.15, 0.2) is 79.0 Å². The Balaban J connectivity index is 1.99. The van der Waals surface area contributed by atoms with E-state index in [0.29, 0.717) is 12.0 Å². The largest absolute Gasteiger partial charge is 0.421 e. The molecule has 3 aromatic rings. The second kappa shape index (κ2) is 6.36. The van der Waals surface area contributed by atoms with Crippen LogP contribution in [0.25, 0.3) is 0 Å². The van der Waals surface area contributed by atoms with Crippen LogP contribution in [0.2, 0.25) is 0 Å². The smallest absolute Gasteiger partial charge is 0.286 e. The van der Waals surface area contributed by atoms with E-state index >= 15 is 0 Å². The molecule has 2 atom stereocenters. The van der Waals surface area contributed by atoms with Crippen molar-refractivity contribution in [2.75, 3.05) is 25.7 Å². The Morgan fingerprint density at radius 3 is 2.38 bits per heavy atom. The summed E-state index contributed by atoms with van der Waals surface area (Å²) < 4.78 is 20.0. The summed E-state index contributed by atoms with van der Waals surface area (Å²) in [4.78, 5) is 6.63. The third kappa shape index (κ3) is 2.40. The number of fused-ring (bicyclic) bond motifs is 1. The SMILES string of the molecule is COP1(=O)c2ccccc2N(c2ccccn2)C[N+]1(C)c1ccccc1. The molecule has 5 nitrogen and oxygen atoms in total. The predicted molar refractivity (Wildman–Crippen MR) is 106 cm³/mol. The van der Waals surface area contributed by atoms with Crippen LogP contribution in [-0.4, -0.2) is 25.8 Å². The molecular formula is C20H21N3O2P+. The van der Waals surface area contributed by atoms with Crippen LogP contribution in [0.1, 0.15) is 0 Å². The maximum Gasteiger partial charge on any atom is 0.421 e. The Morgan fingerprint density at radius 2 is 1.69 bits per heavy atom. The summed E-state index contributed by atoms with van der Waals surface area (Å²) in [6, 6.07) is 23.4. The molecule has 0 amide bonds. The molecule has 2 aromatic carbocycles. The van der Waals surface area contributed by atoms with Gasteiger partial charge >= 0.3 is 7.52 Å². The first-order valence-electron chi connectivity index (χ1n) is 8.46. The van der Waals surface area contributed by atoms with E-state index < -0.39 is 7.52 Å². The van der Waals surface area contributed by atoms with Gasteiger partial charge in [0.25, 0.3) is 0 Å². The Morgan fingerprint density at radius 1 is 1.00 bits per heavy atom. The van der Waals surface area contributed by atoms with Crippen LogP contribution in [0.5, 0.6) is 0 Å². The zero-order valence-corrected chi connectivity index (χ0v) is 15.7. The van der Waals surface area contributed by atoms with Gasteiger partial charge in [0.1, 0.15) is 16.8 Å². The fourth-order valence-corrected chi connectivity index (χ4v) is 6.10. The van der Waals surface area contributed by atoms with E-state index in [2.05, 4.69) is 9.88 Å². The number of pyridine rings is 1. The van der Waals surface area contributed by atoms with Gasteiger partial charge in [-0.15, -0.1) is 0 Å². The highest BCUT2D eigenvalue weighted by molar-refractivity contribution is 7.67. The second-order valence-electron chi connectivity index (χ2n) is 6.42. The van der Waals surface area contributed by atoms with Crippen LogP contribution in [-0.2, 0) is 9.09 Å². The zero-order valence-electron chi connectivity index (χ0n) is 14.8. The number of anilines is 2. The van der Waals surface area contributed by atoms with E-state index in [1.165, 1.54) is 7.11 Å². The first-order valence-corrected chi connectivity index (χ1v) is 10.0. The fourth-order valence-electron chi connectivity index (χ4n) is 3.57. The standard InChI is InChI=1S/C20H21N3O2P/c1-23(17-10-4-3-5-11-17)16-22(20-14-8-9-15-21-20)18-12-6-7-13-19(18)26(23,24)25-2/h3-15H,16H2,1-2H3/q+1. The van der Waals surface area contributed by atoms with Gasteiger partial charge in [-0.1, -0.05) is 36.4 Å². The summed E-state index contributed by atoms with van der Waals surface area (Å²) in [7, 11) is 0.281. The highest BCUT2D eigenvalue weighted by Gasteiger charge is 2.55. The molecule has 6 heteroatoms. The molecule has 132 valence electrons. The van der Waals surface area contributed by atoms with Gasteiger partial charge < -0.3 is 0 Å². The molecule has 0 spiro atoms. The molecule has 0 fully saturated rings. The lowest BCUT2D eigenvalue weighted by atomic mass is 10.2. The molecule has 0 saturated heterocycles. The van der Waals surface area contributed by atoms with E-state index in [-0.39, 0.29) is 4.25 Å². The molecule has 1 aliphatic heterocycles. The van der Waals surface area contributed by atoms with Gasteiger partial charge in [0.15, 0.2) is 6.67 Å². The fraction of sp³-hybridized carbons (Fsp3) is 0.150. The zero-order chi connectivity index (χ0) is 18.2. The van der Waals surface area contributed by atoms with Crippen LogP contribution < -0.4 is 14.5 Å². The van der Waals surface area contributed by atoms with Crippen molar-refractivity contribution in [2.45, 2.75) is 0 Å². The number of aromatic nitrogens is 1. The lowest BCUT2D eigenvalue weighted by Gasteiger charge is -2.46. The van der Waals surface area contributed by atoms with Crippen LogP contribution in [0.4, 0.5) is 17.2 Å². The van der Waals surface area contributed by atoms with Gasteiger partial charge in [0.2, 0.25) is 0 Å². The van der Waals surface area contributed by atoms with E-state index in [9.17, 15) is 4.57 Å². The first-order chi connectivity index (χ1) is 12.6. The van der Waals surface area contributed by atoms with Crippen molar-refractivity contribution in [1.82, 2.24) is 9.24 Å². The average Bonchev–Trinajstić information content (AvgIpc) is 2.72. The molecule has 0 radical (unpaired) electrons. The summed E-state index contributed by atoms with van der Waals surface area (Å²) in [6.07, 6.45) is 1.77. The third-order valence-corrected chi connectivity index (χ3v) is 7.96. The summed E-state index contributed by atoms with van der Waals surface area (Å²) >= 11 is 0. The molecule has 4 rings (SSSR count). The second-order valence-corrected chi connectivity index (χ2v) is 9.19. The van der Waals surface area contributed by atoms with Gasteiger partial charge in [-0.2, -0.15) is 0 Å². The highest BCUT2D eigenvalue weighted by Crippen LogP contribution is 2.61. The van der Waals surface area contributed by atoms with Crippen molar-refractivity contribution < 1.29 is 9.09 Å². The van der Waals surface area contributed by atoms with Gasteiger partial charge in [-0.25, -0.2) is 13.8 Å². The summed E-state index contributed by atoms with van der Waals surface area (Å²) in [5, 5.41) is 0.714. The Hall–Kier alpha value is -2.46. The number of para-hydroxylation sites is 2. The van der Waals surface area contributed by atoms with Crippen LogP contribution in [0.3, 0.4) is 0 Å². The molecule has 0 bridgehead atoms. The normalized spacial score (nSPS) is 24.9. The van der Waals surface area contributed by atoms with E-state index in [4.69, 9.17) is 4.52 Å². The number of hydrogen-bond donors (Lipinski definition) is 0. The van der Waals surface area contributed by atoms with E-state index in [0.717, 1.165) is 17.2 Å². The van der Waals surface area contributed by atoms with Crippen molar-refractivity contribution in [2.24, 2.45) is 0 Å². The lowest BCUT2D eigenvalue weighted by Crippen LogP contribution is -2.55. The molecule has 0 aliphatic carbocycles. The van der Waals surface area contributed by atoms with Gasteiger partial charge in [-0.05, 0) is 36.4 Å². The maximum absolute atomic E-state index is 14.2. The predicted octanol–water partition coefficient (Wildman–Crippen LogP) is 4.29. The third-order valence-electron chi connectivity index (χ3n) is 4.96.